The fourth-order valence-corrected chi connectivity index (χ4v) is 4.84. The summed E-state index contributed by atoms with van der Waals surface area (Å²) in [6.45, 7) is 0. The summed E-state index contributed by atoms with van der Waals surface area (Å²) in [6, 6.07) is 5.50. The predicted molar refractivity (Wildman–Crippen MR) is 123 cm³/mol. The number of nitrogens with zero attached hydrogens (tertiary/aromatic N) is 1. The van der Waals surface area contributed by atoms with Crippen molar-refractivity contribution in [2.75, 3.05) is 23.0 Å². The van der Waals surface area contributed by atoms with Gasteiger partial charge in [-0.1, -0.05) is 12.1 Å². The highest BCUT2D eigenvalue weighted by Gasteiger charge is 2.29. The Morgan fingerprint density at radius 2 is 1.94 bits per heavy atom. The van der Waals surface area contributed by atoms with Gasteiger partial charge in [-0.05, 0) is 49.0 Å². The molecule has 1 heterocycles. The zero-order valence-corrected chi connectivity index (χ0v) is 19.6. The molecule has 1 aromatic carbocycles. The lowest BCUT2D eigenvalue weighted by atomic mass is 9.95. The van der Waals surface area contributed by atoms with Gasteiger partial charge >= 0.3 is 0 Å². The number of phenols is 1. The standard InChI is InChI=1S/C19H27N3O6S3/c1-29-9-3-4-16(24)17(25)14(10-12-5-7-13(23)8-6-12)20-18(26)15-11-30-19(21-15)22-31(2,27)28/h5-8,11,14,16-17,23-25H,3-4,9-10H2,1-2H3,(H,20,26)(H,21,22). The van der Waals surface area contributed by atoms with Crippen LogP contribution in [0.2, 0.25) is 0 Å². The van der Waals surface area contributed by atoms with Gasteiger partial charge in [0.1, 0.15) is 17.5 Å². The second-order valence-electron chi connectivity index (χ2n) is 7.06. The molecule has 0 aliphatic heterocycles. The molecule has 3 atom stereocenters. The number of carbonyl (C=O) groups is 1. The Morgan fingerprint density at radius 1 is 1.26 bits per heavy atom. The lowest BCUT2D eigenvalue weighted by Gasteiger charge is -2.28. The molecule has 0 aliphatic carbocycles. The maximum atomic E-state index is 12.7. The van der Waals surface area contributed by atoms with Gasteiger partial charge in [-0.15, -0.1) is 11.3 Å². The van der Waals surface area contributed by atoms with Gasteiger partial charge in [0.15, 0.2) is 5.13 Å². The number of thiazole rings is 1. The van der Waals surface area contributed by atoms with Crippen LogP contribution in [0.15, 0.2) is 29.6 Å². The largest absolute Gasteiger partial charge is 0.508 e. The van der Waals surface area contributed by atoms with E-state index < -0.39 is 34.2 Å². The number of thioether (sulfide) groups is 1. The average molecular weight is 490 g/mol. The minimum atomic E-state index is -3.52. The summed E-state index contributed by atoms with van der Waals surface area (Å²) < 4.78 is 24.9. The summed E-state index contributed by atoms with van der Waals surface area (Å²) in [6.07, 6.45) is 1.98. The first kappa shape index (κ1) is 25.4. The first-order chi connectivity index (χ1) is 14.6. The average Bonchev–Trinajstić information content (AvgIpc) is 3.15. The number of phenolic OH excluding ortho intramolecular Hbond substituents is 1. The molecule has 2 aromatic rings. The Hall–Kier alpha value is -1.86. The summed E-state index contributed by atoms with van der Waals surface area (Å²) in [4.78, 5) is 16.7. The Balaban J connectivity index is 2.14. The van der Waals surface area contributed by atoms with Gasteiger partial charge in [-0.25, -0.2) is 13.4 Å². The Morgan fingerprint density at radius 3 is 2.55 bits per heavy atom. The molecule has 172 valence electrons. The van der Waals surface area contributed by atoms with Crippen molar-refractivity contribution < 1.29 is 28.5 Å². The number of hydrogen-bond donors (Lipinski definition) is 5. The number of aliphatic hydroxyl groups is 2. The van der Waals surface area contributed by atoms with E-state index in [1.807, 2.05) is 6.26 Å². The third kappa shape index (κ3) is 8.65. The Bertz CT molecular complexity index is 949. The van der Waals surface area contributed by atoms with Crippen molar-refractivity contribution in [3.63, 3.8) is 0 Å². The lowest BCUT2D eigenvalue weighted by Crippen LogP contribution is -2.50. The molecule has 0 bridgehead atoms. The molecule has 3 unspecified atom stereocenters. The van der Waals surface area contributed by atoms with E-state index in [-0.39, 0.29) is 23.0 Å². The molecule has 2 rings (SSSR count). The van der Waals surface area contributed by atoms with Crippen LogP contribution in [0.25, 0.3) is 0 Å². The summed E-state index contributed by atoms with van der Waals surface area (Å²) in [5.41, 5.74) is 0.743. The van der Waals surface area contributed by atoms with Crippen molar-refractivity contribution in [1.29, 1.82) is 0 Å². The first-order valence-electron chi connectivity index (χ1n) is 9.46. The maximum absolute atomic E-state index is 12.7. The SMILES string of the molecule is CSCCCC(O)C(O)C(Cc1ccc(O)cc1)NC(=O)c1csc(NS(C)(=O)=O)n1. The fourth-order valence-electron chi connectivity index (χ4n) is 2.84. The molecule has 0 fully saturated rings. The summed E-state index contributed by atoms with van der Waals surface area (Å²) in [7, 11) is -3.52. The Labute approximate surface area is 190 Å². The monoisotopic (exact) mass is 489 g/mol. The first-order valence-corrected chi connectivity index (χ1v) is 13.6. The van der Waals surface area contributed by atoms with Crippen LogP contribution in [0, 0.1) is 0 Å². The highest BCUT2D eigenvalue weighted by Crippen LogP contribution is 2.19. The van der Waals surface area contributed by atoms with Gasteiger partial charge in [0.2, 0.25) is 10.0 Å². The maximum Gasteiger partial charge on any atom is 0.271 e. The quantitative estimate of drug-likeness (QED) is 0.281. The Kier molecular flexibility index (Phi) is 9.56. The minimum Gasteiger partial charge on any atom is -0.508 e. The second kappa shape index (κ2) is 11.7. The van der Waals surface area contributed by atoms with E-state index in [0.717, 1.165) is 28.9 Å². The van der Waals surface area contributed by atoms with Gasteiger partial charge < -0.3 is 20.6 Å². The zero-order chi connectivity index (χ0) is 23.0. The number of aliphatic hydroxyl groups excluding tert-OH is 2. The highest BCUT2D eigenvalue weighted by atomic mass is 32.2. The number of nitrogens with one attached hydrogen (secondary N) is 2. The van der Waals surface area contributed by atoms with Gasteiger partial charge in [0, 0.05) is 5.38 Å². The van der Waals surface area contributed by atoms with Crippen LogP contribution in [-0.2, 0) is 16.4 Å². The molecule has 0 saturated carbocycles. The molecule has 31 heavy (non-hydrogen) atoms. The molecule has 0 aliphatic rings. The number of rotatable bonds is 12. The third-order valence-electron chi connectivity index (χ3n) is 4.37. The van der Waals surface area contributed by atoms with Crippen LogP contribution >= 0.6 is 23.1 Å². The van der Waals surface area contributed by atoms with Crippen molar-refractivity contribution in [3.8, 4) is 5.75 Å². The molecule has 0 radical (unpaired) electrons. The molecule has 5 N–H and O–H groups in total. The summed E-state index contributed by atoms with van der Waals surface area (Å²) >= 11 is 2.60. The molecular formula is C19H27N3O6S3. The van der Waals surface area contributed by atoms with E-state index in [2.05, 4.69) is 15.0 Å². The molecule has 1 amide bonds. The number of aromatic nitrogens is 1. The van der Waals surface area contributed by atoms with Gasteiger partial charge in [-0.3, -0.25) is 9.52 Å². The molecule has 1 aromatic heterocycles. The number of aromatic hydroxyl groups is 1. The molecular weight excluding hydrogens is 462 g/mol. The zero-order valence-electron chi connectivity index (χ0n) is 17.2. The minimum absolute atomic E-state index is 0.00377. The van der Waals surface area contributed by atoms with Crippen LogP contribution in [-0.4, -0.2) is 71.1 Å². The van der Waals surface area contributed by atoms with Crippen LogP contribution in [0.5, 0.6) is 5.75 Å². The van der Waals surface area contributed by atoms with E-state index in [9.17, 15) is 28.5 Å². The number of anilines is 1. The van der Waals surface area contributed by atoms with Crippen molar-refractivity contribution >= 4 is 44.2 Å². The summed E-state index contributed by atoms with van der Waals surface area (Å²) in [5, 5.41) is 34.8. The molecule has 0 spiro atoms. The van der Waals surface area contributed by atoms with Gasteiger partial charge in [-0.2, -0.15) is 11.8 Å². The van der Waals surface area contributed by atoms with E-state index in [0.29, 0.717) is 12.8 Å². The van der Waals surface area contributed by atoms with Crippen LogP contribution in [0.3, 0.4) is 0 Å². The summed E-state index contributed by atoms with van der Waals surface area (Å²) in [5.74, 6) is 0.334. The number of hydrogen-bond acceptors (Lipinski definition) is 9. The number of sulfonamides is 1. The van der Waals surface area contributed by atoms with Gasteiger partial charge in [0.05, 0.1) is 18.4 Å². The van der Waals surface area contributed by atoms with E-state index >= 15 is 0 Å². The second-order valence-corrected chi connectivity index (χ2v) is 10.6. The highest BCUT2D eigenvalue weighted by molar-refractivity contribution is 7.98. The van der Waals surface area contributed by atoms with Crippen molar-refractivity contribution in [1.82, 2.24) is 10.3 Å². The van der Waals surface area contributed by atoms with E-state index in [1.165, 1.54) is 17.5 Å². The molecule has 12 heteroatoms. The topological polar surface area (TPSA) is 149 Å². The van der Waals surface area contributed by atoms with E-state index in [4.69, 9.17) is 0 Å². The normalized spacial score (nSPS) is 14.6. The predicted octanol–water partition coefficient (Wildman–Crippen LogP) is 1.43. The molecule has 9 nitrogen and oxygen atoms in total. The van der Waals surface area contributed by atoms with Crippen LogP contribution in [0.1, 0.15) is 28.9 Å². The van der Waals surface area contributed by atoms with Crippen molar-refractivity contribution in [2.45, 2.75) is 37.5 Å². The van der Waals surface area contributed by atoms with Crippen molar-refractivity contribution in [3.05, 3.63) is 40.9 Å². The van der Waals surface area contributed by atoms with Crippen molar-refractivity contribution in [2.24, 2.45) is 0 Å². The fraction of sp³-hybridized carbons (Fsp3) is 0.474. The van der Waals surface area contributed by atoms with Gasteiger partial charge in [0.25, 0.3) is 5.91 Å². The number of benzene rings is 1. The smallest absolute Gasteiger partial charge is 0.271 e. The lowest BCUT2D eigenvalue weighted by molar-refractivity contribution is -0.00734. The van der Waals surface area contributed by atoms with Crippen LogP contribution in [0.4, 0.5) is 5.13 Å². The third-order valence-corrected chi connectivity index (χ3v) is 6.52. The number of amides is 1. The van der Waals surface area contributed by atoms with E-state index in [1.54, 1.807) is 23.9 Å². The number of carbonyl (C=O) groups excluding carboxylic acids is 1. The molecule has 0 saturated heterocycles. The van der Waals surface area contributed by atoms with Crippen LogP contribution < -0.4 is 10.0 Å².